The van der Waals surface area contributed by atoms with E-state index in [1.165, 1.54) is 25.7 Å². The molecule has 1 aromatic rings. The van der Waals surface area contributed by atoms with E-state index in [1.807, 2.05) is 11.6 Å². The van der Waals surface area contributed by atoms with Crippen LogP contribution in [0, 0.1) is 0 Å². The zero-order chi connectivity index (χ0) is 19.5. The normalized spacial score (nSPS) is 12.4. The van der Waals surface area contributed by atoms with Crippen molar-refractivity contribution in [2.45, 2.75) is 25.5 Å². The average molecular weight is 381 g/mol. The standard InChI is InChI=1S/C17H23N3O5S/c1-11(14(21)20-17(24)18-2)25-16(23)13(9-10-26-3)19-15(22)12-7-5-4-6-8-12/h4-8,11,13H,9-10H2,1-3H3,(H,19,22)(H2,18,20,21,24)/t11-,13-/m1/s1. The lowest BCUT2D eigenvalue weighted by Gasteiger charge is -2.20. The van der Waals surface area contributed by atoms with Gasteiger partial charge < -0.3 is 15.4 Å². The number of imide groups is 1. The second-order valence-electron chi connectivity index (χ2n) is 5.32. The van der Waals surface area contributed by atoms with Gasteiger partial charge in [0.15, 0.2) is 6.10 Å². The van der Waals surface area contributed by atoms with Gasteiger partial charge in [-0.05, 0) is 37.5 Å². The molecule has 26 heavy (non-hydrogen) atoms. The van der Waals surface area contributed by atoms with Crippen LogP contribution in [0.1, 0.15) is 23.7 Å². The van der Waals surface area contributed by atoms with E-state index in [4.69, 9.17) is 4.74 Å². The molecule has 142 valence electrons. The number of hydrogen-bond donors (Lipinski definition) is 3. The minimum Gasteiger partial charge on any atom is -0.451 e. The van der Waals surface area contributed by atoms with Gasteiger partial charge in [-0.1, -0.05) is 18.2 Å². The molecule has 0 aromatic heterocycles. The van der Waals surface area contributed by atoms with E-state index >= 15 is 0 Å². The molecule has 1 rings (SSSR count). The number of nitrogens with one attached hydrogen (secondary N) is 3. The van der Waals surface area contributed by atoms with Gasteiger partial charge in [0, 0.05) is 12.6 Å². The molecule has 2 atom stereocenters. The highest BCUT2D eigenvalue weighted by molar-refractivity contribution is 7.98. The van der Waals surface area contributed by atoms with Crippen molar-refractivity contribution in [3.63, 3.8) is 0 Å². The van der Waals surface area contributed by atoms with Gasteiger partial charge in [0.1, 0.15) is 6.04 Å². The third-order valence-electron chi connectivity index (χ3n) is 3.36. The fourth-order valence-corrected chi connectivity index (χ4v) is 2.37. The maximum Gasteiger partial charge on any atom is 0.329 e. The molecule has 3 N–H and O–H groups in total. The highest BCUT2D eigenvalue weighted by atomic mass is 32.2. The van der Waals surface area contributed by atoms with E-state index in [0.717, 1.165) is 0 Å². The monoisotopic (exact) mass is 381 g/mol. The predicted molar refractivity (Wildman–Crippen MR) is 98.8 cm³/mol. The Morgan fingerprint density at radius 2 is 1.81 bits per heavy atom. The van der Waals surface area contributed by atoms with Gasteiger partial charge in [0.25, 0.3) is 11.8 Å². The Kier molecular flexibility index (Phi) is 9.21. The van der Waals surface area contributed by atoms with Crippen molar-refractivity contribution >= 4 is 35.6 Å². The van der Waals surface area contributed by atoms with Crippen LogP contribution in [0.5, 0.6) is 0 Å². The lowest BCUT2D eigenvalue weighted by molar-refractivity contribution is -0.156. The summed E-state index contributed by atoms with van der Waals surface area (Å²) in [5.74, 6) is -1.28. The number of ether oxygens (including phenoxy) is 1. The lowest BCUT2D eigenvalue weighted by atomic mass is 10.1. The van der Waals surface area contributed by atoms with Crippen LogP contribution in [0.15, 0.2) is 30.3 Å². The first kappa shape index (κ1) is 21.5. The number of carbonyl (C=O) groups excluding carboxylic acids is 4. The Balaban J connectivity index is 2.72. The molecular formula is C17H23N3O5S. The fourth-order valence-electron chi connectivity index (χ4n) is 1.90. The first-order valence-corrected chi connectivity index (χ1v) is 9.36. The largest absolute Gasteiger partial charge is 0.451 e. The summed E-state index contributed by atoms with van der Waals surface area (Å²) in [6, 6.07) is 6.88. The van der Waals surface area contributed by atoms with Crippen LogP contribution in [0.25, 0.3) is 0 Å². The van der Waals surface area contributed by atoms with Crippen LogP contribution in [-0.2, 0) is 14.3 Å². The SMILES string of the molecule is CNC(=O)NC(=O)[C@@H](C)OC(=O)[C@@H](CCSC)NC(=O)c1ccccc1. The quantitative estimate of drug-likeness (QED) is 0.577. The van der Waals surface area contributed by atoms with E-state index < -0.39 is 36.0 Å². The summed E-state index contributed by atoms with van der Waals surface area (Å²) in [7, 11) is 1.36. The predicted octanol–water partition coefficient (Wildman–Crippen LogP) is 0.925. The summed E-state index contributed by atoms with van der Waals surface area (Å²) in [6.07, 6.45) is 1.05. The van der Waals surface area contributed by atoms with Gasteiger partial charge in [-0.2, -0.15) is 11.8 Å². The molecule has 0 saturated heterocycles. The Bertz CT molecular complexity index is 639. The molecule has 0 saturated carbocycles. The zero-order valence-electron chi connectivity index (χ0n) is 14.9. The van der Waals surface area contributed by atoms with Crippen LogP contribution < -0.4 is 16.0 Å². The summed E-state index contributed by atoms with van der Waals surface area (Å²) in [6.45, 7) is 1.35. The topological polar surface area (TPSA) is 114 Å². The molecule has 4 amide bonds. The number of carbonyl (C=O) groups is 4. The molecule has 0 heterocycles. The molecule has 8 nitrogen and oxygen atoms in total. The van der Waals surface area contributed by atoms with Crippen molar-refractivity contribution in [3.8, 4) is 0 Å². The molecule has 0 aliphatic heterocycles. The minimum atomic E-state index is -1.18. The number of urea groups is 1. The van der Waals surface area contributed by atoms with Crippen molar-refractivity contribution in [2.24, 2.45) is 0 Å². The van der Waals surface area contributed by atoms with Crippen molar-refractivity contribution in [1.82, 2.24) is 16.0 Å². The Morgan fingerprint density at radius 1 is 1.15 bits per heavy atom. The molecule has 0 unspecified atom stereocenters. The second-order valence-corrected chi connectivity index (χ2v) is 6.31. The minimum absolute atomic E-state index is 0.350. The Morgan fingerprint density at radius 3 is 2.38 bits per heavy atom. The number of benzene rings is 1. The summed E-state index contributed by atoms with van der Waals surface area (Å²) in [5.41, 5.74) is 0.417. The molecule has 0 spiro atoms. The molecule has 9 heteroatoms. The molecular weight excluding hydrogens is 358 g/mol. The Labute approximate surface area is 156 Å². The molecule has 1 aromatic carbocycles. The van der Waals surface area contributed by atoms with Crippen molar-refractivity contribution in [3.05, 3.63) is 35.9 Å². The number of rotatable bonds is 8. The van der Waals surface area contributed by atoms with Gasteiger partial charge in [-0.25, -0.2) is 9.59 Å². The summed E-state index contributed by atoms with van der Waals surface area (Å²) < 4.78 is 5.10. The van der Waals surface area contributed by atoms with Gasteiger partial charge in [-0.15, -0.1) is 0 Å². The van der Waals surface area contributed by atoms with Crippen LogP contribution >= 0.6 is 11.8 Å². The summed E-state index contributed by atoms with van der Waals surface area (Å²) >= 11 is 1.52. The van der Waals surface area contributed by atoms with Crippen LogP contribution in [0.2, 0.25) is 0 Å². The number of hydrogen-bond acceptors (Lipinski definition) is 6. The fraction of sp³-hybridized carbons (Fsp3) is 0.412. The van der Waals surface area contributed by atoms with E-state index in [0.29, 0.717) is 17.7 Å². The van der Waals surface area contributed by atoms with E-state index in [1.54, 1.807) is 30.3 Å². The first-order chi connectivity index (χ1) is 12.4. The van der Waals surface area contributed by atoms with Crippen molar-refractivity contribution < 1.29 is 23.9 Å². The molecule has 0 aliphatic carbocycles. The van der Waals surface area contributed by atoms with Crippen molar-refractivity contribution in [1.29, 1.82) is 0 Å². The smallest absolute Gasteiger partial charge is 0.329 e. The average Bonchev–Trinajstić information content (AvgIpc) is 2.65. The zero-order valence-corrected chi connectivity index (χ0v) is 15.7. The van der Waals surface area contributed by atoms with Gasteiger partial charge in [0.2, 0.25) is 0 Å². The van der Waals surface area contributed by atoms with Gasteiger partial charge >= 0.3 is 12.0 Å². The molecule has 0 aliphatic rings. The summed E-state index contributed by atoms with van der Waals surface area (Å²) in [5, 5.41) is 6.88. The van der Waals surface area contributed by atoms with E-state index in [2.05, 4.69) is 10.6 Å². The van der Waals surface area contributed by atoms with Gasteiger partial charge in [0.05, 0.1) is 0 Å². The number of amides is 4. The molecule has 0 radical (unpaired) electrons. The number of thioether (sulfide) groups is 1. The molecule has 0 bridgehead atoms. The van der Waals surface area contributed by atoms with E-state index in [-0.39, 0.29) is 0 Å². The first-order valence-electron chi connectivity index (χ1n) is 7.97. The van der Waals surface area contributed by atoms with Crippen molar-refractivity contribution in [2.75, 3.05) is 19.1 Å². The summed E-state index contributed by atoms with van der Waals surface area (Å²) in [4.78, 5) is 47.6. The highest BCUT2D eigenvalue weighted by Gasteiger charge is 2.27. The van der Waals surface area contributed by atoms with Crippen LogP contribution in [-0.4, -0.2) is 55.0 Å². The third-order valence-corrected chi connectivity index (χ3v) is 4.01. The number of esters is 1. The van der Waals surface area contributed by atoms with E-state index in [9.17, 15) is 19.2 Å². The van der Waals surface area contributed by atoms with Crippen LogP contribution in [0.3, 0.4) is 0 Å². The lowest BCUT2D eigenvalue weighted by Crippen LogP contribution is -2.47. The maximum absolute atomic E-state index is 12.4. The second kappa shape index (κ2) is 11.1. The Hall–Kier alpha value is -2.55. The third kappa shape index (κ3) is 7.14. The molecule has 0 fully saturated rings. The van der Waals surface area contributed by atoms with Crippen LogP contribution in [0.4, 0.5) is 4.79 Å². The maximum atomic E-state index is 12.4. The van der Waals surface area contributed by atoms with Gasteiger partial charge in [-0.3, -0.25) is 14.9 Å². The highest BCUT2D eigenvalue weighted by Crippen LogP contribution is 2.07.